The van der Waals surface area contributed by atoms with Gasteiger partial charge in [-0.1, -0.05) is 6.07 Å². The van der Waals surface area contributed by atoms with Gasteiger partial charge in [-0.2, -0.15) is 4.31 Å². The lowest BCUT2D eigenvalue weighted by molar-refractivity contribution is 0.0949. The molecule has 0 bridgehead atoms. The van der Waals surface area contributed by atoms with Gasteiger partial charge in [0.2, 0.25) is 10.0 Å². The largest absolute Gasteiger partial charge is 0.496 e. The van der Waals surface area contributed by atoms with Crippen molar-refractivity contribution in [2.45, 2.75) is 0 Å². The molecule has 0 unspecified atom stereocenters. The maximum Gasteiger partial charge on any atom is 0.258 e. The predicted molar refractivity (Wildman–Crippen MR) is 94.7 cm³/mol. The number of sulfonamides is 1. The Morgan fingerprint density at radius 3 is 2.20 bits per heavy atom. The zero-order valence-electron chi connectivity index (χ0n) is 14.8. The number of hydrogen-bond donors (Lipinski definition) is 1. The van der Waals surface area contributed by atoms with E-state index >= 15 is 0 Å². The Morgan fingerprint density at radius 1 is 1.12 bits per heavy atom. The molecule has 0 radical (unpaired) electrons. The van der Waals surface area contributed by atoms with Crippen molar-refractivity contribution in [3.63, 3.8) is 0 Å². The summed E-state index contributed by atoms with van der Waals surface area (Å²) in [5.41, 5.74) is 0.254. The van der Waals surface area contributed by atoms with Gasteiger partial charge in [0.05, 0.1) is 20.0 Å². The van der Waals surface area contributed by atoms with E-state index in [4.69, 9.17) is 9.47 Å². The molecule has 1 amide bonds. The Labute approximate surface area is 148 Å². The molecule has 1 aromatic carbocycles. The molecule has 9 heteroatoms. The summed E-state index contributed by atoms with van der Waals surface area (Å²) in [6.07, 6.45) is 0. The van der Waals surface area contributed by atoms with E-state index in [-0.39, 0.29) is 17.9 Å². The van der Waals surface area contributed by atoms with Gasteiger partial charge in [0.15, 0.2) is 0 Å². The molecular weight excluding hydrogens is 346 g/mol. The smallest absolute Gasteiger partial charge is 0.258 e. The van der Waals surface area contributed by atoms with Gasteiger partial charge < -0.3 is 19.7 Å². The first-order chi connectivity index (χ1) is 11.9. The molecule has 1 heterocycles. The molecule has 140 valence electrons. The zero-order valence-corrected chi connectivity index (χ0v) is 15.6. The van der Waals surface area contributed by atoms with E-state index in [0.717, 1.165) is 0 Å². The number of likely N-dealkylation sites (N-methyl/N-ethyl adjacent to an activating group) is 1. The molecule has 0 aromatic heterocycles. The summed E-state index contributed by atoms with van der Waals surface area (Å²) >= 11 is 0. The maximum absolute atomic E-state index is 12.4. The van der Waals surface area contributed by atoms with E-state index in [1.807, 2.05) is 7.05 Å². The first-order valence-corrected chi connectivity index (χ1v) is 9.65. The second-order valence-corrected chi connectivity index (χ2v) is 7.90. The third-order valence-electron chi connectivity index (χ3n) is 4.16. The molecule has 1 aromatic rings. The van der Waals surface area contributed by atoms with Crippen LogP contribution in [0.1, 0.15) is 10.4 Å². The molecule has 1 saturated heterocycles. The van der Waals surface area contributed by atoms with E-state index in [1.165, 1.54) is 18.5 Å². The summed E-state index contributed by atoms with van der Waals surface area (Å²) in [7, 11) is 1.50. The lowest BCUT2D eigenvalue weighted by Crippen LogP contribution is -2.48. The highest BCUT2D eigenvalue weighted by Crippen LogP contribution is 2.27. The number of nitrogens with zero attached hydrogens (tertiary/aromatic N) is 2. The number of nitrogens with one attached hydrogen (secondary N) is 1. The van der Waals surface area contributed by atoms with Gasteiger partial charge in [-0.25, -0.2) is 8.42 Å². The van der Waals surface area contributed by atoms with Gasteiger partial charge in [0, 0.05) is 32.7 Å². The summed E-state index contributed by atoms with van der Waals surface area (Å²) in [5.74, 6) is 0.181. The van der Waals surface area contributed by atoms with Crippen LogP contribution in [0.3, 0.4) is 0 Å². The SMILES string of the molecule is COc1cccc(OC)c1C(=O)NCCS(=O)(=O)N1CCN(C)CC1. The Balaban J connectivity index is 1.97. The van der Waals surface area contributed by atoms with Crippen LogP contribution < -0.4 is 14.8 Å². The third kappa shape index (κ3) is 4.83. The van der Waals surface area contributed by atoms with E-state index in [1.54, 1.807) is 18.2 Å². The molecular formula is C16H25N3O5S. The molecule has 8 nitrogen and oxygen atoms in total. The first-order valence-electron chi connectivity index (χ1n) is 8.04. The van der Waals surface area contributed by atoms with Gasteiger partial charge >= 0.3 is 0 Å². The average molecular weight is 371 g/mol. The van der Waals surface area contributed by atoms with Crippen LogP contribution in [0.5, 0.6) is 11.5 Å². The summed E-state index contributed by atoms with van der Waals surface area (Å²) in [6.45, 7) is 2.41. The van der Waals surface area contributed by atoms with Crippen LogP contribution in [-0.2, 0) is 10.0 Å². The fourth-order valence-corrected chi connectivity index (χ4v) is 3.99. The lowest BCUT2D eigenvalue weighted by Gasteiger charge is -2.31. The van der Waals surface area contributed by atoms with Crippen LogP contribution in [0.25, 0.3) is 0 Å². The summed E-state index contributed by atoms with van der Waals surface area (Å²) < 4.78 is 36.6. The number of ether oxygens (including phenoxy) is 2. The number of rotatable bonds is 7. The number of carbonyl (C=O) groups is 1. The number of benzene rings is 1. The monoisotopic (exact) mass is 371 g/mol. The quantitative estimate of drug-likeness (QED) is 0.727. The third-order valence-corrected chi connectivity index (χ3v) is 6.03. The van der Waals surface area contributed by atoms with Gasteiger partial charge in [-0.05, 0) is 19.2 Å². The number of carbonyl (C=O) groups excluding carboxylic acids is 1. The molecule has 1 aliphatic heterocycles. The highest BCUT2D eigenvalue weighted by Gasteiger charge is 2.26. The van der Waals surface area contributed by atoms with Crippen molar-refractivity contribution in [2.24, 2.45) is 0 Å². The van der Waals surface area contributed by atoms with Crippen molar-refractivity contribution >= 4 is 15.9 Å². The summed E-state index contributed by atoms with van der Waals surface area (Å²) in [5, 5.41) is 2.64. The topological polar surface area (TPSA) is 88.2 Å². The minimum absolute atomic E-state index is 0.0225. The van der Waals surface area contributed by atoms with Crippen LogP contribution in [0.4, 0.5) is 0 Å². The predicted octanol–water partition coefficient (Wildman–Crippen LogP) is 0.0108. The zero-order chi connectivity index (χ0) is 18.4. The van der Waals surface area contributed by atoms with Gasteiger partial charge in [0.1, 0.15) is 17.1 Å². The highest BCUT2D eigenvalue weighted by atomic mass is 32.2. The van der Waals surface area contributed by atoms with Crippen LogP contribution >= 0.6 is 0 Å². The highest BCUT2D eigenvalue weighted by molar-refractivity contribution is 7.89. The molecule has 1 fully saturated rings. The second kappa shape index (κ2) is 8.50. The summed E-state index contributed by atoms with van der Waals surface area (Å²) in [4.78, 5) is 14.5. The molecule has 2 rings (SSSR count). The number of hydrogen-bond acceptors (Lipinski definition) is 6. The molecule has 0 spiro atoms. The maximum atomic E-state index is 12.4. The molecule has 0 aliphatic carbocycles. The lowest BCUT2D eigenvalue weighted by atomic mass is 10.1. The normalized spacial score (nSPS) is 16.4. The molecule has 0 saturated carbocycles. The van der Waals surface area contributed by atoms with Crippen molar-refractivity contribution in [1.82, 2.24) is 14.5 Å². The van der Waals surface area contributed by atoms with E-state index in [2.05, 4.69) is 10.2 Å². The number of methoxy groups -OCH3 is 2. The fourth-order valence-electron chi connectivity index (χ4n) is 2.65. The van der Waals surface area contributed by atoms with Crippen LogP contribution in [-0.4, -0.2) is 83.3 Å². The Bertz CT molecular complexity index is 677. The number of amides is 1. The summed E-state index contributed by atoms with van der Waals surface area (Å²) in [6, 6.07) is 5.02. The molecule has 1 N–H and O–H groups in total. The second-order valence-electron chi connectivity index (χ2n) is 5.81. The Kier molecular flexibility index (Phi) is 6.63. The standard InChI is InChI=1S/C16H25N3O5S/c1-18-8-10-19(11-9-18)25(21,22)12-7-17-16(20)15-13(23-2)5-4-6-14(15)24-3/h4-6H,7-12H2,1-3H3,(H,17,20). The fraction of sp³-hybridized carbons (Fsp3) is 0.562. The Morgan fingerprint density at radius 2 is 1.68 bits per heavy atom. The molecule has 25 heavy (non-hydrogen) atoms. The van der Waals surface area contributed by atoms with E-state index in [0.29, 0.717) is 37.7 Å². The van der Waals surface area contributed by atoms with Crippen molar-refractivity contribution in [3.8, 4) is 11.5 Å². The van der Waals surface area contributed by atoms with Gasteiger partial charge in [-0.15, -0.1) is 0 Å². The average Bonchev–Trinajstić information content (AvgIpc) is 2.61. The minimum atomic E-state index is -3.39. The van der Waals surface area contributed by atoms with Crippen LogP contribution in [0.2, 0.25) is 0 Å². The van der Waals surface area contributed by atoms with Gasteiger partial charge in [0.25, 0.3) is 5.91 Å². The van der Waals surface area contributed by atoms with Crippen LogP contribution in [0.15, 0.2) is 18.2 Å². The van der Waals surface area contributed by atoms with E-state index in [9.17, 15) is 13.2 Å². The van der Waals surface area contributed by atoms with Crippen LogP contribution in [0, 0.1) is 0 Å². The Hall–Kier alpha value is -1.84. The van der Waals surface area contributed by atoms with E-state index < -0.39 is 15.9 Å². The molecule has 0 atom stereocenters. The number of piperazine rings is 1. The minimum Gasteiger partial charge on any atom is -0.496 e. The van der Waals surface area contributed by atoms with Crippen molar-refractivity contribution in [2.75, 3.05) is 59.7 Å². The van der Waals surface area contributed by atoms with Crippen molar-refractivity contribution < 1.29 is 22.7 Å². The van der Waals surface area contributed by atoms with Crippen molar-refractivity contribution in [3.05, 3.63) is 23.8 Å². The van der Waals surface area contributed by atoms with Crippen molar-refractivity contribution in [1.29, 1.82) is 0 Å². The first kappa shape index (κ1) is 19.5. The van der Waals surface area contributed by atoms with Gasteiger partial charge in [-0.3, -0.25) is 4.79 Å². The molecule has 1 aliphatic rings.